The molecule has 0 fully saturated rings. The van der Waals surface area contributed by atoms with Crippen LogP contribution in [0.1, 0.15) is 36.2 Å². The molecule has 0 bridgehead atoms. The Morgan fingerprint density at radius 3 is 2.47 bits per heavy atom. The lowest BCUT2D eigenvalue weighted by Gasteiger charge is -2.14. The van der Waals surface area contributed by atoms with Crippen LogP contribution in [0.15, 0.2) is 36.5 Å². The molecule has 2 aromatic rings. The highest BCUT2D eigenvalue weighted by molar-refractivity contribution is 7.12. The maximum Gasteiger partial charge on any atom is 0.113 e. The van der Waals surface area contributed by atoms with Crippen molar-refractivity contribution in [2.24, 2.45) is 0 Å². The second kappa shape index (κ2) is 4.73. The molecule has 17 heavy (non-hydrogen) atoms. The van der Waals surface area contributed by atoms with Crippen molar-refractivity contribution >= 4 is 11.3 Å². The van der Waals surface area contributed by atoms with Gasteiger partial charge in [0.1, 0.15) is 5.69 Å². The van der Waals surface area contributed by atoms with Crippen molar-refractivity contribution in [3.05, 3.63) is 52.0 Å². The molecule has 0 aliphatic rings. The Morgan fingerprint density at radius 1 is 1.06 bits per heavy atom. The minimum atomic E-state index is 0.204. The Balaban J connectivity index is 2.21. The summed E-state index contributed by atoms with van der Waals surface area (Å²) in [5.41, 5.74) is 1.02. The molecule has 0 N–H and O–H groups in total. The van der Waals surface area contributed by atoms with Crippen LogP contribution < -0.4 is 0 Å². The van der Waals surface area contributed by atoms with Crippen molar-refractivity contribution in [2.75, 3.05) is 0 Å². The summed E-state index contributed by atoms with van der Waals surface area (Å²) in [6.45, 7) is 6.65. The van der Waals surface area contributed by atoms with Crippen LogP contribution in [-0.2, 0) is 5.41 Å². The Morgan fingerprint density at radius 2 is 1.88 bits per heavy atom. The summed E-state index contributed by atoms with van der Waals surface area (Å²) in [6, 6.07) is 10.0. The third-order valence-electron chi connectivity index (χ3n) is 2.32. The zero-order valence-electron chi connectivity index (χ0n) is 10.3. The van der Waals surface area contributed by atoms with E-state index in [0.29, 0.717) is 0 Å². The van der Waals surface area contributed by atoms with E-state index in [-0.39, 0.29) is 5.41 Å². The van der Waals surface area contributed by atoms with Gasteiger partial charge in [0, 0.05) is 11.1 Å². The third-order valence-corrected chi connectivity index (χ3v) is 3.75. The fourth-order valence-electron chi connectivity index (χ4n) is 1.37. The minimum Gasteiger partial charge on any atom is -0.248 e. The van der Waals surface area contributed by atoms with Crippen LogP contribution in [0.3, 0.4) is 0 Å². The Kier molecular flexibility index (Phi) is 3.31. The fraction of sp³-hybridized carbons (Fsp3) is 0.267. The predicted octanol–water partition coefficient (Wildman–Crippen LogP) is 3.84. The molecule has 0 atom stereocenters. The molecule has 0 amide bonds. The van der Waals surface area contributed by atoms with E-state index in [0.717, 1.165) is 10.6 Å². The lowest BCUT2D eigenvalue weighted by Crippen LogP contribution is -2.07. The lowest BCUT2D eigenvalue weighted by molar-refractivity contribution is 0.604. The van der Waals surface area contributed by atoms with E-state index in [1.54, 1.807) is 17.5 Å². The molecular weight excluding hydrogens is 226 g/mol. The molecule has 0 radical (unpaired) electrons. The molecule has 0 spiro atoms. The van der Waals surface area contributed by atoms with Gasteiger partial charge in [-0.2, -0.15) is 0 Å². The first-order valence-electron chi connectivity index (χ1n) is 5.59. The van der Waals surface area contributed by atoms with Crippen LogP contribution >= 0.6 is 11.3 Å². The highest BCUT2D eigenvalue weighted by Crippen LogP contribution is 2.28. The summed E-state index contributed by atoms with van der Waals surface area (Å²) in [4.78, 5) is 6.64. The van der Waals surface area contributed by atoms with Gasteiger partial charge < -0.3 is 0 Å². The zero-order chi connectivity index (χ0) is 12.3. The van der Waals surface area contributed by atoms with Crippen molar-refractivity contribution in [2.45, 2.75) is 26.2 Å². The molecule has 0 aliphatic carbocycles. The molecule has 0 unspecified atom stereocenters. The number of aromatic nitrogens is 1. The van der Waals surface area contributed by atoms with Gasteiger partial charge in [0.15, 0.2) is 0 Å². The zero-order valence-corrected chi connectivity index (χ0v) is 11.1. The van der Waals surface area contributed by atoms with Crippen molar-refractivity contribution in [3.8, 4) is 11.8 Å². The van der Waals surface area contributed by atoms with E-state index in [1.165, 1.54) is 4.88 Å². The van der Waals surface area contributed by atoms with Crippen LogP contribution in [0.5, 0.6) is 0 Å². The summed E-state index contributed by atoms with van der Waals surface area (Å²) in [7, 11) is 0. The smallest absolute Gasteiger partial charge is 0.113 e. The fourth-order valence-corrected chi connectivity index (χ4v) is 2.29. The monoisotopic (exact) mass is 241 g/mol. The summed E-state index contributed by atoms with van der Waals surface area (Å²) >= 11 is 1.76. The van der Waals surface area contributed by atoms with E-state index in [9.17, 15) is 0 Å². The van der Waals surface area contributed by atoms with E-state index in [4.69, 9.17) is 0 Å². The summed E-state index contributed by atoms with van der Waals surface area (Å²) < 4.78 is 0. The number of hydrogen-bond donors (Lipinski definition) is 0. The molecule has 2 heteroatoms. The first kappa shape index (κ1) is 11.9. The summed E-state index contributed by atoms with van der Waals surface area (Å²) in [5, 5.41) is 0. The van der Waals surface area contributed by atoms with Crippen molar-refractivity contribution in [1.29, 1.82) is 0 Å². The van der Waals surface area contributed by atoms with Crippen molar-refractivity contribution < 1.29 is 0 Å². The highest BCUT2D eigenvalue weighted by Gasteiger charge is 2.15. The van der Waals surface area contributed by atoms with E-state index >= 15 is 0 Å². The lowest BCUT2D eigenvalue weighted by atomic mass is 9.95. The van der Waals surface area contributed by atoms with Crippen molar-refractivity contribution in [3.63, 3.8) is 0 Å². The molecule has 2 aromatic heterocycles. The second-order valence-electron chi connectivity index (χ2n) is 4.88. The maximum absolute atomic E-state index is 4.18. The predicted molar refractivity (Wildman–Crippen MR) is 73.2 cm³/mol. The van der Waals surface area contributed by atoms with Crippen LogP contribution in [-0.4, -0.2) is 4.98 Å². The molecule has 0 aromatic carbocycles. The number of nitrogens with zero attached hydrogens (tertiary/aromatic N) is 1. The van der Waals surface area contributed by atoms with Gasteiger partial charge in [-0.15, -0.1) is 11.3 Å². The van der Waals surface area contributed by atoms with Crippen LogP contribution in [0, 0.1) is 11.8 Å². The molecule has 1 nitrogen and oxygen atoms in total. The normalized spacial score (nSPS) is 10.8. The average Bonchev–Trinajstić information content (AvgIpc) is 2.76. The molecule has 0 saturated heterocycles. The first-order valence-corrected chi connectivity index (χ1v) is 6.41. The van der Waals surface area contributed by atoms with Crippen LogP contribution in [0.25, 0.3) is 0 Å². The molecule has 0 aliphatic heterocycles. The van der Waals surface area contributed by atoms with Crippen LogP contribution in [0.4, 0.5) is 0 Å². The number of thiophene rings is 1. The Hall–Kier alpha value is -1.59. The average molecular weight is 241 g/mol. The standard InChI is InChI=1S/C15H15NS/c1-15(2,3)14-10-9-13(17-14)8-7-12-6-4-5-11-16-12/h4-6,9-11H,1-3H3. The van der Waals surface area contributed by atoms with Gasteiger partial charge in [0.05, 0.1) is 4.88 Å². The minimum absolute atomic E-state index is 0.204. The van der Waals surface area contributed by atoms with Gasteiger partial charge in [0.2, 0.25) is 0 Å². The highest BCUT2D eigenvalue weighted by atomic mass is 32.1. The van der Waals surface area contributed by atoms with Crippen LogP contribution in [0.2, 0.25) is 0 Å². The second-order valence-corrected chi connectivity index (χ2v) is 5.96. The van der Waals surface area contributed by atoms with Gasteiger partial charge in [-0.3, -0.25) is 0 Å². The topological polar surface area (TPSA) is 12.9 Å². The van der Waals surface area contributed by atoms with E-state index < -0.39 is 0 Å². The SMILES string of the molecule is CC(C)(C)c1ccc(C#Cc2ccccn2)s1. The maximum atomic E-state index is 4.18. The van der Waals surface area contributed by atoms with E-state index in [2.05, 4.69) is 49.7 Å². The summed E-state index contributed by atoms with van der Waals surface area (Å²) in [6.07, 6.45) is 1.76. The van der Waals surface area contributed by atoms with Gasteiger partial charge in [-0.1, -0.05) is 26.8 Å². The molecular formula is C15H15NS. The molecule has 0 saturated carbocycles. The molecule has 86 valence electrons. The van der Waals surface area contributed by atoms with Gasteiger partial charge in [-0.25, -0.2) is 4.98 Å². The van der Waals surface area contributed by atoms with Gasteiger partial charge in [0.25, 0.3) is 0 Å². The third kappa shape index (κ3) is 3.18. The van der Waals surface area contributed by atoms with Gasteiger partial charge in [-0.05, 0) is 41.5 Å². The summed E-state index contributed by atoms with van der Waals surface area (Å²) in [5.74, 6) is 6.23. The van der Waals surface area contributed by atoms with E-state index in [1.807, 2.05) is 18.2 Å². The Bertz CT molecular complexity index is 550. The van der Waals surface area contributed by atoms with Crippen molar-refractivity contribution in [1.82, 2.24) is 4.98 Å². The molecule has 2 rings (SSSR count). The first-order chi connectivity index (χ1) is 8.05. The molecule has 2 heterocycles. The largest absolute Gasteiger partial charge is 0.248 e. The number of hydrogen-bond acceptors (Lipinski definition) is 2. The number of rotatable bonds is 0. The van der Waals surface area contributed by atoms with Gasteiger partial charge >= 0.3 is 0 Å². The Labute approximate surface area is 107 Å². The number of pyridine rings is 1. The quantitative estimate of drug-likeness (QED) is 0.639.